The highest BCUT2D eigenvalue weighted by molar-refractivity contribution is 6.46. The lowest BCUT2D eigenvalue weighted by atomic mass is 10.0. The van der Waals surface area contributed by atoms with Crippen LogP contribution in [0.2, 0.25) is 0 Å². The van der Waals surface area contributed by atoms with E-state index in [1.54, 1.807) is 24.3 Å². The number of benzene rings is 3. The van der Waals surface area contributed by atoms with Gasteiger partial charge in [0.25, 0.3) is 11.8 Å². The number of carbonyl (C=O) groups is 2. The molecule has 5 nitrogen and oxygen atoms in total. The number of halogens is 1. The van der Waals surface area contributed by atoms with Crippen molar-refractivity contribution in [2.45, 2.75) is 6.92 Å². The van der Waals surface area contributed by atoms with Gasteiger partial charge in [-0.25, -0.2) is 9.29 Å². The quantitative estimate of drug-likeness (QED) is 0.637. The third-order valence-electron chi connectivity index (χ3n) is 4.86. The molecule has 0 aromatic heterocycles. The van der Waals surface area contributed by atoms with E-state index in [0.717, 1.165) is 10.5 Å². The molecule has 6 heteroatoms. The number of aryl methyl sites for hydroxylation is 1. The molecule has 0 saturated heterocycles. The summed E-state index contributed by atoms with van der Waals surface area (Å²) in [4.78, 5) is 27.8. The van der Waals surface area contributed by atoms with Crippen molar-refractivity contribution < 1.29 is 18.7 Å². The fraction of sp³-hybridized carbons (Fsp3) is 0.0833. The number of anilines is 2. The lowest BCUT2D eigenvalue weighted by Crippen LogP contribution is -2.32. The highest BCUT2D eigenvalue weighted by atomic mass is 19.1. The van der Waals surface area contributed by atoms with E-state index >= 15 is 0 Å². The Balaban J connectivity index is 1.83. The number of hydrogen-bond acceptors (Lipinski definition) is 4. The maximum atomic E-state index is 13.5. The van der Waals surface area contributed by atoms with Gasteiger partial charge in [-0.1, -0.05) is 42.0 Å². The van der Waals surface area contributed by atoms with Crippen LogP contribution in [0.5, 0.6) is 5.75 Å². The van der Waals surface area contributed by atoms with Gasteiger partial charge in [-0.2, -0.15) is 0 Å². The van der Waals surface area contributed by atoms with E-state index in [4.69, 9.17) is 4.74 Å². The van der Waals surface area contributed by atoms with E-state index in [-0.39, 0.29) is 11.3 Å². The largest absolute Gasteiger partial charge is 0.495 e. The average Bonchev–Trinajstić information content (AvgIpc) is 3.00. The fourth-order valence-corrected chi connectivity index (χ4v) is 3.34. The van der Waals surface area contributed by atoms with Crippen LogP contribution in [-0.2, 0) is 9.59 Å². The number of carbonyl (C=O) groups excluding carboxylic acids is 2. The molecule has 0 bridgehead atoms. The minimum Gasteiger partial charge on any atom is -0.495 e. The van der Waals surface area contributed by atoms with Crippen molar-refractivity contribution in [3.05, 3.63) is 95.4 Å². The van der Waals surface area contributed by atoms with Crippen LogP contribution in [0.4, 0.5) is 15.8 Å². The van der Waals surface area contributed by atoms with Crippen molar-refractivity contribution >= 4 is 28.8 Å². The van der Waals surface area contributed by atoms with E-state index in [1.807, 2.05) is 31.2 Å². The predicted molar refractivity (Wildman–Crippen MR) is 114 cm³/mol. The Bertz CT molecular complexity index is 1150. The molecule has 4 rings (SSSR count). The number of ether oxygens (including phenoxy) is 1. The van der Waals surface area contributed by atoms with E-state index < -0.39 is 17.6 Å². The molecule has 2 amide bonds. The topological polar surface area (TPSA) is 58.6 Å². The van der Waals surface area contributed by atoms with Crippen LogP contribution >= 0.6 is 0 Å². The second kappa shape index (κ2) is 7.83. The minimum atomic E-state index is -0.510. The van der Waals surface area contributed by atoms with Crippen LogP contribution in [0, 0.1) is 12.7 Å². The highest BCUT2D eigenvalue weighted by Gasteiger charge is 2.41. The van der Waals surface area contributed by atoms with E-state index in [1.165, 1.54) is 31.4 Å². The van der Waals surface area contributed by atoms with Crippen molar-refractivity contribution in [3.8, 4) is 5.75 Å². The van der Waals surface area contributed by atoms with Crippen molar-refractivity contribution in [1.29, 1.82) is 0 Å². The third kappa shape index (κ3) is 3.43. The highest BCUT2D eigenvalue weighted by Crippen LogP contribution is 2.37. The molecule has 0 unspecified atom stereocenters. The molecule has 1 heterocycles. The van der Waals surface area contributed by atoms with Crippen LogP contribution in [0.3, 0.4) is 0 Å². The van der Waals surface area contributed by atoms with Gasteiger partial charge in [-0.15, -0.1) is 0 Å². The normalized spacial score (nSPS) is 13.8. The number of para-hydroxylation sites is 2. The molecule has 0 atom stereocenters. The number of methoxy groups -OCH3 is 1. The summed E-state index contributed by atoms with van der Waals surface area (Å²) in [5.41, 5.74) is 2.82. The smallest absolute Gasteiger partial charge is 0.282 e. The first-order valence-electron chi connectivity index (χ1n) is 9.35. The summed E-state index contributed by atoms with van der Waals surface area (Å²) >= 11 is 0. The second-order valence-corrected chi connectivity index (χ2v) is 6.87. The van der Waals surface area contributed by atoms with Crippen LogP contribution in [0.1, 0.15) is 11.1 Å². The lowest BCUT2D eigenvalue weighted by Gasteiger charge is -2.18. The summed E-state index contributed by atoms with van der Waals surface area (Å²) < 4.78 is 18.8. The van der Waals surface area contributed by atoms with Gasteiger partial charge in [0.15, 0.2) is 0 Å². The third-order valence-corrected chi connectivity index (χ3v) is 4.86. The van der Waals surface area contributed by atoms with Crippen LogP contribution in [-0.4, -0.2) is 18.9 Å². The fourth-order valence-electron chi connectivity index (χ4n) is 3.34. The Morgan fingerprint density at radius 3 is 2.20 bits per heavy atom. The number of amides is 2. The first-order chi connectivity index (χ1) is 14.5. The van der Waals surface area contributed by atoms with Crippen LogP contribution in [0.25, 0.3) is 5.57 Å². The van der Waals surface area contributed by atoms with Crippen molar-refractivity contribution in [2.24, 2.45) is 0 Å². The lowest BCUT2D eigenvalue weighted by molar-refractivity contribution is -0.120. The number of rotatable bonds is 5. The molecule has 1 N–H and O–H groups in total. The summed E-state index contributed by atoms with van der Waals surface area (Å²) in [6.07, 6.45) is 0. The van der Waals surface area contributed by atoms with Gasteiger partial charge in [0.05, 0.1) is 18.4 Å². The molecule has 3 aromatic rings. The predicted octanol–water partition coefficient (Wildman–Crippen LogP) is 4.54. The van der Waals surface area contributed by atoms with Crippen molar-refractivity contribution in [3.63, 3.8) is 0 Å². The SMILES string of the molecule is COc1ccccc1N1C(=O)C(Nc2ccc(C)cc2)=C(c2ccc(F)cc2)C1=O. The number of nitrogens with zero attached hydrogens (tertiary/aromatic N) is 1. The number of hydrogen-bond donors (Lipinski definition) is 1. The van der Waals surface area contributed by atoms with Gasteiger partial charge in [0, 0.05) is 5.69 Å². The van der Waals surface area contributed by atoms with Crippen LogP contribution < -0.4 is 15.0 Å². The second-order valence-electron chi connectivity index (χ2n) is 6.87. The van der Waals surface area contributed by atoms with Gasteiger partial charge in [-0.3, -0.25) is 9.59 Å². The van der Waals surface area contributed by atoms with Crippen LogP contribution in [0.15, 0.2) is 78.5 Å². The zero-order chi connectivity index (χ0) is 21.3. The van der Waals surface area contributed by atoms with E-state index in [2.05, 4.69) is 5.32 Å². The Hall–Kier alpha value is -3.93. The molecule has 150 valence electrons. The molecule has 0 aliphatic carbocycles. The van der Waals surface area contributed by atoms with Gasteiger partial charge in [0.1, 0.15) is 17.3 Å². The average molecular weight is 402 g/mol. The minimum absolute atomic E-state index is 0.126. The molecule has 0 spiro atoms. The standard InChI is InChI=1S/C24H19FN2O3/c1-15-7-13-18(14-8-15)26-22-21(16-9-11-17(25)12-10-16)23(28)27(24(22)29)19-5-3-4-6-20(19)30-2/h3-14,26H,1-2H3. The van der Waals surface area contributed by atoms with Gasteiger partial charge < -0.3 is 10.1 Å². The monoisotopic (exact) mass is 402 g/mol. The number of imide groups is 1. The summed E-state index contributed by atoms with van der Waals surface area (Å²) in [6.45, 7) is 1.96. The Kier molecular flexibility index (Phi) is 5.06. The van der Waals surface area contributed by atoms with Gasteiger partial charge >= 0.3 is 0 Å². The summed E-state index contributed by atoms with van der Waals surface area (Å²) in [5.74, 6) is -1.05. The first kappa shape index (κ1) is 19.4. The maximum absolute atomic E-state index is 13.5. The summed E-state index contributed by atoms with van der Waals surface area (Å²) in [6, 6.07) is 19.8. The Labute approximate surface area is 173 Å². The summed E-state index contributed by atoms with van der Waals surface area (Å²) in [5, 5.41) is 3.08. The molecule has 30 heavy (non-hydrogen) atoms. The summed E-state index contributed by atoms with van der Waals surface area (Å²) in [7, 11) is 1.48. The molecule has 3 aromatic carbocycles. The van der Waals surface area contributed by atoms with E-state index in [9.17, 15) is 14.0 Å². The van der Waals surface area contributed by atoms with Gasteiger partial charge in [0.2, 0.25) is 0 Å². The first-order valence-corrected chi connectivity index (χ1v) is 9.35. The zero-order valence-corrected chi connectivity index (χ0v) is 16.5. The maximum Gasteiger partial charge on any atom is 0.282 e. The zero-order valence-electron chi connectivity index (χ0n) is 16.5. The molecule has 1 aliphatic rings. The van der Waals surface area contributed by atoms with Crippen molar-refractivity contribution in [2.75, 3.05) is 17.3 Å². The molecule has 1 aliphatic heterocycles. The number of nitrogens with one attached hydrogen (secondary N) is 1. The molecular weight excluding hydrogens is 383 g/mol. The molecule has 0 fully saturated rings. The van der Waals surface area contributed by atoms with Crippen molar-refractivity contribution in [1.82, 2.24) is 0 Å². The molecular formula is C24H19FN2O3. The van der Waals surface area contributed by atoms with E-state index in [0.29, 0.717) is 22.7 Å². The Morgan fingerprint density at radius 1 is 0.867 bits per heavy atom. The molecule has 0 saturated carbocycles. The van der Waals surface area contributed by atoms with Gasteiger partial charge in [-0.05, 0) is 48.9 Å². The molecule has 0 radical (unpaired) electrons. The Morgan fingerprint density at radius 2 is 1.53 bits per heavy atom.